The summed E-state index contributed by atoms with van der Waals surface area (Å²) in [7, 11) is 0. The van der Waals surface area contributed by atoms with Gasteiger partial charge in [0.1, 0.15) is 5.82 Å². The lowest BCUT2D eigenvalue weighted by Gasteiger charge is -2.09. The van der Waals surface area contributed by atoms with Crippen molar-refractivity contribution in [1.29, 1.82) is 0 Å². The molecule has 3 N–H and O–H groups in total. The van der Waals surface area contributed by atoms with Gasteiger partial charge in [-0.25, -0.2) is 4.39 Å². The molecule has 0 heterocycles. The SMILES string of the molecule is Cc1ccc(F)c(C(=O)Nc2cc(C(N)=O)ccc2Cl)c1. The number of carbonyl (C=O) groups is 2. The van der Waals surface area contributed by atoms with Crippen molar-refractivity contribution >= 4 is 29.1 Å². The van der Waals surface area contributed by atoms with E-state index in [1.54, 1.807) is 13.0 Å². The molecule has 0 aliphatic carbocycles. The smallest absolute Gasteiger partial charge is 0.258 e. The first-order chi connectivity index (χ1) is 9.88. The van der Waals surface area contributed by atoms with Crippen LogP contribution >= 0.6 is 11.6 Å². The molecule has 0 aliphatic heterocycles. The topological polar surface area (TPSA) is 72.2 Å². The van der Waals surface area contributed by atoms with E-state index in [0.29, 0.717) is 0 Å². The van der Waals surface area contributed by atoms with Crippen LogP contribution < -0.4 is 11.1 Å². The summed E-state index contributed by atoms with van der Waals surface area (Å²) in [6.07, 6.45) is 0. The van der Waals surface area contributed by atoms with Crippen molar-refractivity contribution in [2.75, 3.05) is 5.32 Å². The maximum atomic E-state index is 13.7. The van der Waals surface area contributed by atoms with Gasteiger partial charge in [-0.1, -0.05) is 23.2 Å². The predicted molar refractivity (Wildman–Crippen MR) is 79.1 cm³/mol. The highest BCUT2D eigenvalue weighted by atomic mass is 35.5. The number of aryl methyl sites for hydroxylation is 1. The average molecular weight is 307 g/mol. The zero-order valence-electron chi connectivity index (χ0n) is 11.1. The Hall–Kier alpha value is -2.40. The Morgan fingerprint density at radius 2 is 1.90 bits per heavy atom. The van der Waals surface area contributed by atoms with Crippen LogP contribution in [0.2, 0.25) is 5.02 Å². The second-order valence-electron chi connectivity index (χ2n) is 4.50. The van der Waals surface area contributed by atoms with Gasteiger partial charge in [-0.2, -0.15) is 0 Å². The molecular weight excluding hydrogens is 295 g/mol. The summed E-state index contributed by atoms with van der Waals surface area (Å²) in [5, 5.41) is 2.69. The number of rotatable bonds is 3. The fourth-order valence-corrected chi connectivity index (χ4v) is 1.94. The number of hydrogen-bond acceptors (Lipinski definition) is 2. The van der Waals surface area contributed by atoms with Crippen molar-refractivity contribution in [1.82, 2.24) is 0 Å². The molecular formula is C15H12ClFN2O2. The molecule has 0 aromatic heterocycles. The van der Waals surface area contributed by atoms with Crippen LogP contribution in [0.5, 0.6) is 0 Å². The maximum absolute atomic E-state index is 13.7. The van der Waals surface area contributed by atoms with Crippen molar-refractivity contribution in [3.8, 4) is 0 Å². The van der Waals surface area contributed by atoms with Gasteiger partial charge >= 0.3 is 0 Å². The standard InChI is InChI=1S/C15H12ClFN2O2/c1-8-2-5-12(17)10(6-8)15(21)19-13-7-9(14(18)20)3-4-11(13)16/h2-7H,1H3,(H2,18,20)(H,19,21). The van der Waals surface area contributed by atoms with E-state index in [1.807, 2.05) is 0 Å². The minimum atomic E-state index is -0.653. The van der Waals surface area contributed by atoms with Gasteiger partial charge in [0.15, 0.2) is 0 Å². The van der Waals surface area contributed by atoms with Crippen LogP contribution in [-0.4, -0.2) is 11.8 Å². The first-order valence-corrected chi connectivity index (χ1v) is 6.43. The molecule has 0 atom stereocenters. The zero-order chi connectivity index (χ0) is 15.6. The van der Waals surface area contributed by atoms with Crippen LogP contribution in [0.3, 0.4) is 0 Å². The summed E-state index contributed by atoms with van der Waals surface area (Å²) in [6, 6.07) is 8.42. The molecule has 0 unspecified atom stereocenters. The van der Waals surface area contributed by atoms with Crippen molar-refractivity contribution in [2.45, 2.75) is 6.92 Å². The van der Waals surface area contributed by atoms with E-state index in [-0.39, 0.29) is 21.8 Å². The second-order valence-corrected chi connectivity index (χ2v) is 4.90. The molecule has 0 saturated heterocycles. The number of nitrogens with one attached hydrogen (secondary N) is 1. The van der Waals surface area contributed by atoms with Crippen LogP contribution in [0.15, 0.2) is 36.4 Å². The third kappa shape index (κ3) is 3.38. The Labute approximate surface area is 125 Å². The number of carbonyl (C=O) groups excluding carboxylic acids is 2. The first kappa shape index (κ1) is 15.0. The molecule has 0 fully saturated rings. The summed E-state index contributed by atoms with van der Waals surface area (Å²) >= 11 is 5.94. The maximum Gasteiger partial charge on any atom is 0.258 e. The Morgan fingerprint density at radius 1 is 1.19 bits per heavy atom. The van der Waals surface area contributed by atoms with E-state index in [0.717, 1.165) is 5.56 Å². The lowest BCUT2D eigenvalue weighted by Crippen LogP contribution is -2.16. The van der Waals surface area contributed by atoms with Crippen molar-refractivity contribution < 1.29 is 14.0 Å². The Balaban J connectivity index is 2.33. The largest absolute Gasteiger partial charge is 0.366 e. The summed E-state index contributed by atoms with van der Waals surface area (Å²) in [5.41, 5.74) is 6.20. The number of halogens is 2. The highest BCUT2D eigenvalue weighted by Gasteiger charge is 2.14. The normalized spacial score (nSPS) is 10.2. The fourth-order valence-electron chi connectivity index (χ4n) is 1.78. The molecule has 21 heavy (non-hydrogen) atoms. The summed E-state index contributed by atoms with van der Waals surface area (Å²) in [6.45, 7) is 1.75. The van der Waals surface area contributed by atoms with Gasteiger partial charge in [-0.15, -0.1) is 0 Å². The summed E-state index contributed by atoms with van der Waals surface area (Å²) in [5.74, 6) is -1.94. The van der Waals surface area contributed by atoms with Gasteiger partial charge < -0.3 is 11.1 Å². The van der Waals surface area contributed by atoms with E-state index < -0.39 is 17.6 Å². The number of nitrogens with two attached hydrogens (primary N) is 1. The van der Waals surface area contributed by atoms with Crippen LogP contribution in [0.25, 0.3) is 0 Å². The van der Waals surface area contributed by atoms with Crippen molar-refractivity contribution in [3.05, 3.63) is 63.9 Å². The molecule has 2 aromatic rings. The second kappa shape index (κ2) is 5.93. The van der Waals surface area contributed by atoms with E-state index in [1.165, 1.54) is 30.3 Å². The van der Waals surface area contributed by atoms with E-state index in [9.17, 15) is 14.0 Å². The number of hydrogen-bond donors (Lipinski definition) is 2. The van der Waals surface area contributed by atoms with Crippen LogP contribution in [0.4, 0.5) is 10.1 Å². The lowest BCUT2D eigenvalue weighted by atomic mass is 10.1. The number of amides is 2. The molecule has 0 spiro atoms. The third-order valence-electron chi connectivity index (χ3n) is 2.87. The summed E-state index contributed by atoms with van der Waals surface area (Å²) < 4.78 is 13.7. The van der Waals surface area contributed by atoms with Gasteiger partial charge in [0, 0.05) is 5.56 Å². The van der Waals surface area contributed by atoms with Crippen molar-refractivity contribution in [3.63, 3.8) is 0 Å². The minimum Gasteiger partial charge on any atom is -0.366 e. The van der Waals surface area contributed by atoms with Gasteiger partial charge in [-0.05, 0) is 37.3 Å². The van der Waals surface area contributed by atoms with Crippen LogP contribution in [0, 0.1) is 12.7 Å². The highest BCUT2D eigenvalue weighted by Crippen LogP contribution is 2.24. The van der Waals surface area contributed by atoms with E-state index in [4.69, 9.17) is 17.3 Å². The molecule has 0 bridgehead atoms. The van der Waals surface area contributed by atoms with E-state index in [2.05, 4.69) is 5.32 Å². The number of anilines is 1. The van der Waals surface area contributed by atoms with Gasteiger partial charge in [0.05, 0.1) is 16.3 Å². The van der Waals surface area contributed by atoms with Crippen molar-refractivity contribution in [2.24, 2.45) is 5.73 Å². The third-order valence-corrected chi connectivity index (χ3v) is 3.20. The van der Waals surface area contributed by atoms with E-state index >= 15 is 0 Å². The average Bonchev–Trinajstić information content (AvgIpc) is 2.43. The monoisotopic (exact) mass is 306 g/mol. The summed E-state index contributed by atoms with van der Waals surface area (Å²) in [4.78, 5) is 23.2. The Bertz CT molecular complexity index is 732. The fraction of sp³-hybridized carbons (Fsp3) is 0.0667. The Morgan fingerprint density at radius 3 is 2.57 bits per heavy atom. The molecule has 2 rings (SSSR count). The predicted octanol–water partition coefficient (Wildman–Crippen LogP) is 3.14. The van der Waals surface area contributed by atoms with Crippen LogP contribution in [0.1, 0.15) is 26.3 Å². The van der Waals surface area contributed by atoms with Crippen LogP contribution in [-0.2, 0) is 0 Å². The molecule has 4 nitrogen and oxygen atoms in total. The number of benzene rings is 2. The van der Waals surface area contributed by atoms with Gasteiger partial charge in [0.2, 0.25) is 5.91 Å². The molecule has 2 amide bonds. The molecule has 0 aliphatic rings. The molecule has 108 valence electrons. The molecule has 2 aromatic carbocycles. The molecule has 0 saturated carbocycles. The highest BCUT2D eigenvalue weighted by molar-refractivity contribution is 6.34. The molecule has 6 heteroatoms. The Kier molecular flexibility index (Phi) is 4.23. The number of primary amides is 1. The first-order valence-electron chi connectivity index (χ1n) is 6.05. The minimum absolute atomic E-state index is 0.101. The van der Waals surface area contributed by atoms with Gasteiger partial charge in [0.25, 0.3) is 5.91 Å². The lowest BCUT2D eigenvalue weighted by molar-refractivity contribution is 0.0995. The quantitative estimate of drug-likeness (QED) is 0.914. The zero-order valence-corrected chi connectivity index (χ0v) is 11.9. The van der Waals surface area contributed by atoms with Gasteiger partial charge in [-0.3, -0.25) is 9.59 Å². The molecule has 0 radical (unpaired) electrons.